The van der Waals surface area contributed by atoms with E-state index in [2.05, 4.69) is 22.9 Å². The molecule has 0 bridgehead atoms. The smallest absolute Gasteiger partial charge is 0.267 e. The number of rotatable bonds is 4. The second kappa shape index (κ2) is 5.12. The predicted octanol–water partition coefficient (Wildman–Crippen LogP) is 1.50. The maximum atomic E-state index is 12.0. The molecule has 0 aliphatic rings. The minimum atomic E-state index is -0.0650. The van der Waals surface area contributed by atoms with Gasteiger partial charge in [-0.2, -0.15) is 12.6 Å². The molecule has 0 radical (unpaired) electrons. The fraction of sp³-hybridized carbons (Fsp3) is 0.364. The summed E-state index contributed by atoms with van der Waals surface area (Å²) in [5.74, 6) is 0.829. The maximum Gasteiger partial charge on any atom is 0.277 e. The first kappa shape index (κ1) is 11.1. The molecular formula is C11H13N3OS. The third-order valence-electron chi connectivity index (χ3n) is 2.41. The van der Waals surface area contributed by atoms with Crippen LogP contribution < -0.4 is 5.56 Å². The molecule has 0 aliphatic heterocycles. The molecular weight excluding hydrogens is 222 g/mol. The van der Waals surface area contributed by atoms with Crippen LogP contribution in [0.25, 0.3) is 10.9 Å². The number of unbranched alkanes of at least 4 members (excludes halogenated alkanes) is 1. The Kier molecular flexibility index (Phi) is 3.56. The van der Waals surface area contributed by atoms with Gasteiger partial charge >= 0.3 is 0 Å². The summed E-state index contributed by atoms with van der Waals surface area (Å²) in [6, 6.07) is 7.26. The lowest BCUT2D eigenvalue weighted by atomic mass is 10.2. The van der Waals surface area contributed by atoms with E-state index >= 15 is 0 Å². The van der Waals surface area contributed by atoms with Crippen LogP contribution in [0.5, 0.6) is 0 Å². The topological polar surface area (TPSA) is 47.8 Å². The van der Waals surface area contributed by atoms with Gasteiger partial charge in [-0.1, -0.05) is 17.3 Å². The lowest BCUT2D eigenvalue weighted by Gasteiger charge is -2.03. The van der Waals surface area contributed by atoms with E-state index in [1.807, 2.05) is 12.1 Å². The van der Waals surface area contributed by atoms with Crippen LogP contribution in [0.3, 0.4) is 0 Å². The highest BCUT2D eigenvalue weighted by Gasteiger charge is 2.03. The summed E-state index contributed by atoms with van der Waals surface area (Å²) >= 11 is 4.13. The zero-order valence-electron chi connectivity index (χ0n) is 8.83. The van der Waals surface area contributed by atoms with E-state index in [9.17, 15) is 4.79 Å². The maximum absolute atomic E-state index is 12.0. The zero-order valence-corrected chi connectivity index (χ0v) is 9.73. The van der Waals surface area contributed by atoms with Gasteiger partial charge in [0, 0.05) is 6.54 Å². The normalized spacial score (nSPS) is 10.8. The van der Waals surface area contributed by atoms with Crippen molar-refractivity contribution in [1.29, 1.82) is 0 Å². The number of aryl methyl sites for hydroxylation is 1. The number of thiol groups is 1. The highest BCUT2D eigenvalue weighted by atomic mass is 32.1. The predicted molar refractivity (Wildman–Crippen MR) is 66.9 cm³/mol. The molecule has 0 saturated carbocycles. The van der Waals surface area contributed by atoms with Crippen molar-refractivity contribution >= 4 is 23.5 Å². The van der Waals surface area contributed by atoms with E-state index in [0.717, 1.165) is 18.6 Å². The average molecular weight is 235 g/mol. The Morgan fingerprint density at radius 2 is 2.06 bits per heavy atom. The van der Waals surface area contributed by atoms with Crippen molar-refractivity contribution in [2.75, 3.05) is 5.75 Å². The quantitative estimate of drug-likeness (QED) is 0.645. The number of hydrogen-bond acceptors (Lipinski definition) is 4. The molecule has 0 amide bonds. The first-order valence-corrected chi connectivity index (χ1v) is 5.89. The fourth-order valence-corrected chi connectivity index (χ4v) is 1.77. The zero-order chi connectivity index (χ0) is 11.4. The molecule has 2 rings (SSSR count). The van der Waals surface area contributed by atoms with Crippen molar-refractivity contribution in [3.63, 3.8) is 0 Å². The molecule has 1 aromatic heterocycles. The van der Waals surface area contributed by atoms with Crippen molar-refractivity contribution in [3.05, 3.63) is 34.6 Å². The SMILES string of the molecule is O=c1c2ccccc2nnn1CCCCS. The average Bonchev–Trinajstić information content (AvgIpc) is 2.33. The summed E-state index contributed by atoms with van der Waals surface area (Å²) in [5, 5.41) is 8.55. The highest BCUT2D eigenvalue weighted by molar-refractivity contribution is 7.80. The molecule has 0 fully saturated rings. The molecule has 0 spiro atoms. The first-order valence-electron chi connectivity index (χ1n) is 5.26. The lowest BCUT2D eigenvalue weighted by molar-refractivity contribution is 0.522. The Hall–Kier alpha value is -1.36. The van der Waals surface area contributed by atoms with Crippen LogP contribution in [-0.4, -0.2) is 20.7 Å². The van der Waals surface area contributed by atoms with Gasteiger partial charge in [-0.15, -0.1) is 5.10 Å². The number of hydrogen-bond donors (Lipinski definition) is 1. The Morgan fingerprint density at radius 1 is 1.25 bits per heavy atom. The van der Waals surface area contributed by atoms with Gasteiger partial charge in [0.2, 0.25) is 0 Å². The van der Waals surface area contributed by atoms with E-state index in [4.69, 9.17) is 0 Å². The molecule has 0 unspecified atom stereocenters. The van der Waals surface area contributed by atoms with Crippen LogP contribution in [0.2, 0.25) is 0 Å². The van der Waals surface area contributed by atoms with Crippen molar-refractivity contribution < 1.29 is 0 Å². The monoisotopic (exact) mass is 235 g/mol. The second-order valence-corrected chi connectivity index (χ2v) is 4.01. The molecule has 0 aliphatic carbocycles. The van der Waals surface area contributed by atoms with E-state index in [1.54, 1.807) is 12.1 Å². The summed E-state index contributed by atoms with van der Waals surface area (Å²) in [5.41, 5.74) is 0.586. The van der Waals surface area contributed by atoms with Gasteiger partial charge in [-0.3, -0.25) is 4.79 Å². The van der Waals surface area contributed by atoms with Crippen molar-refractivity contribution in [3.8, 4) is 0 Å². The van der Waals surface area contributed by atoms with Crippen LogP contribution >= 0.6 is 12.6 Å². The Balaban J connectivity index is 2.33. The van der Waals surface area contributed by atoms with E-state index in [1.165, 1.54) is 4.68 Å². The number of aromatic nitrogens is 3. The molecule has 5 heteroatoms. The van der Waals surface area contributed by atoms with Gasteiger partial charge in [0.15, 0.2) is 0 Å². The Bertz CT molecular complexity index is 538. The van der Waals surface area contributed by atoms with Gasteiger partial charge in [-0.25, -0.2) is 4.68 Å². The molecule has 1 aromatic carbocycles. The van der Waals surface area contributed by atoms with Gasteiger partial charge in [-0.05, 0) is 30.7 Å². The molecule has 2 aromatic rings. The molecule has 4 nitrogen and oxygen atoms in total. The standard InChI is InChI=1S/C11H13N3OS/c15-11-9-5-1-2-6-10(9)12-13-14(11)7-3-4-8-16/h1-2,5-6,16H,3-4,7-8H2. The molecule has 0 saturated heterocycles. The lowest BCUT2D eigenvalue weighted by Crippen LogP contribution is -2.24. The number of nitrogens with zero attached hydrogens (tertiary/aromatic N) is 3. The Morgan fingerprint density at radius 3 is 2.88 bits per heavy atom. The van der Waals surface area contributed by atoms with Crippen molar-refractivity contribution in [2.24, 2.45) is 0 Å². The number of fused-ring (bicyclic) bond motifs is 1. The minimum absolute atomic E-state index is 0.0650. The minimum Gasteiger partial charge on any atom is -0.267 e. The first-order chi connectivity index (χ1) is 7.83. The Labute approximate surface area is 98.7 Å². The van der Waals surface area contributed by atoms with E-state index in [0.29, 0.717) is 17.4 Å². The molecule has 0 atom stereocenters. The van der Waals surface area contributed by atoms with Crippen LogP contribution in [0.1, 0.15) is 12.8 Å². The largest absolute Gasteiger partial charge is 0.277 e. The fourth-order valence-electron chi connectivity index (χ4n) is 1.54. The van der Waals surface area contributed by atoms with Gasteiger partial charge in [0.25, 0.3) is 5.56 Å². The van der Waals surface area contributed by atoms with Crippen LogP contribution in [-0.2, 0) is 6.54 Å². The van der Waals surface area contributed by atoms with Crippen molar-refractivity contribution in [1.82, 2.24) is 15.0 Å². The van der Waals surface area contributed by atoms with Crippen molar-refractivity contribution in [2.45, 2.75) is 19.4 Å². The summed E-state index contributed by atoms with van der Waals surface area (Å²) in [6.45, 7) is 0.608. The second-order valence-electron chi connectivity index (χ2n) is 3.57. The summed E-state index contributed by atoms with van der Waals surface area (Å²) in [6.07, 6.45) is 1.88. The summed E-state index contributed by atoms with van der Waals surface area (Å²) < 4.78 is 1.42. The van der Waals surface area contributed by atoms with Gasteiger partial charge < -0.3 is 0 Å². The third-order valence-corrected chi connectivity index (χ3v) is 2.72. The molecule has 0 N–H and O–H groups in total. The van der Waals surface area contributed by atoms with Crippen LogP contribution in [0.4, 0.5) is 0 Å². The number of benzene rings is 1. The summed E-state index contributed by atoms with van der Waals surface area (Å²) in [4.78, 5) is 12.0. The third kappa shape index (κ3) is 2.24. The van der Waals surface area contributed by atoms with Gasteiger partial charge in [0.1, 0.15) is 5.52 Å². The van der Waals surface area contributed by atoms with E-state index < -0.39 is 0 Å². The van der Waals surface area contributed by atoms with E-state index in [-0.39, 0.29) is 5.56 Å². The molecule has 84 valence electrons. The van der Waals surface area contributed by atoms with Crippen LogP contribution in [0, 0.1) is 0 Å². The van der Waals surface area contributed by atoms with Gasteiger partial charge in [0.05, 0.1) is 5.39 Å². The molecule has 1 heterocycles. The molecule has 16 heavy (non-hydrogen) atoms. The van der Waals surface area contributed by atoms with Crippen LogP contribution in [0.15, 0.2) is 29.1 Å². The summed E-state index contributed by atoms with van der Waals surface area (Å²) in [7, 11) is 0. The highest BCUT2D eigenvalue weighted by Crippen LogP contribution is 2.03.